The molecule has 2 rings (SSSR count). The minimum Gasteiger partial charge on any atom is -0.481 e. The molecule has 1 N–H and O–H groups in total. The van der Waals surface area contributed by atoms with E-state index in [4.69, 9.17) is 5.11 Å². The van der Waals surface area contributed by atoms with Crippen molar-refractivity contribution >= 4 is 5.97 Å². The summed E-state index contributed by atoms with van der Waals surface area (Å²) in [5.41, 5.74) is 4.35. The maximum absolute atomic E-state index is 10.5. The quantitative estimate of drug-likeness (QED) is 0.891. The molecular weight excluding hydrogens is 242 g/mol. The maximum Gasteiger partial charge on any atom is 0.303 e. The van der Waals surface area contributed by atoms with Crippen molar-refractivity contribution in [2.45, 2.75) is 33.2 Å². The van der Waals surface area contributed by atoms with E-state index in [-0.39, 0.29) is 6.42 Å². The van der Waals surface area contributed by atoms with Crippen LogP contribution in [0.5, 0.6) is 0 Å². The number of carbonyl (C=O) groups is 1. The molecule has 0 amide bonds. The van der Waals surface area contributed by atoms with E-state index < -0.39 is 5.97 Å². The van der Waals surface area contributed by atoms with Crippen LogP contribution in [0.15, 0.2) is 24.4 Å². The van der Waals surface area contributed by atoms with Gasteiger partial charge in [0.1, 0.15) is 0 Å². The molecule has 0 saturated carbocycles. The maximum atomic E-state index is 10.5. The summed E-state index contributed by atoms with van der Waals surface area (Å²) in [4.78, 5) is 10.5. The van der Waals surface area contributed by atoms with Crippen molar-refractivity contribution < 1.29 is 9.90 Å². The summed E-state index contributed by atoms with van der Waals surface area (Å²) in [5.74, 6) is -0.816. The predicted molar refractivity (Wildman–Crippen MR) is 71.0 cm³/mol. The Morgan fingerprint density at radius 1 is 1.37 bits per heavy atom. The zero-order valence-corrected chi connectivity index (χ0v) is 11.1. The first kappa shape index (κ1) is 13.3. The Kier molecular flexibility index (Phi) is 3.94. The van der Waals surface area contributed by atoms with Gasteiger partial charge in [0.2, 0.25) is 0 Å². The number of aliphatic carboxylic acids is 1. The van der Waals surface area contributed by atoms with Crippen molar-refractivity contribution in [1.82, 2.24) is 15.0 Å². The molecular formula is C14H17N3O2. The number of hydrogen-bond donors (Lipinski definition) is 1. The SMILES string of the molecule is Cc1ccc(C)c(Cn2cc(CCC(=O)O)nn2)c1. The number of benzene rings is 1. The molecule has 0 aliphatic heterocycles. The van der Waals surface area contributed by atoms with Crippen LogP contribution in [0.4, 0.5) is 0 Å². The lowest BCUT2D eigenvalue weighted by Crippen LogP contribution is -2.02. The van der Waals surface area contributed by atoms with E-state index >= 15 is 0 Å². The molecule has 19 heavy (non-hydrogen) atoms. The van der Waals surface area contributed by atoms with Gasteiger partial charge in [0.05, 0.1) is 18.7 Å². The molecule has 100 valence electrons. The Balaban J connectivity index is 2.07. The van der Waals surface area contributed by atoms with E-state index in [2.05, 4.69) is 42.4 Å². The monoisotopic (exact) mass is 259 g/mol. The van der Waals surface area contributed by atoms with Crippen LogP contribution in [0.1, 0.15) is 28.8 Å². The molecule has 1 aromatic heterocycles. The standard InChI is InChI=1S/C14H17N3O2/c1-10-3-4-11(2)12(7-10)8-17-9-13(15-16-17)5-6-14(18)19/h3-4,7,9H,5-6,8H2,1-2H3,(H,18,19). The number of rotatable bonds is 5. The van der Waals surface area contributed by atoms with Gasteiger partial charge in [0, 0.05) is 12.6 Å². The van der Waals surface area contributed by atoms with Crippen molar-refractivity contribution in [1.29, 1.82) is 0 Å². The van der Waals surface area contributed by atoms with Crippen LogP contribution in [0.25, 0.3) is 0 Å². The Bertz CT molecular complexity index is 590. The van der Waals surface area contributed by atoms with Crippen molar-refractivity contribution in [3.05, 3.63) is 46.8 Å². The van der Waals surface area contributed by atoms with Crippen molar-refractivity contribution in [2.24, 2.45) is 0 Å². The minimum atomic E-state index is -0.816. The van der Waals surface area contributed by atoms with Gasteiger partial charge in [-0.15, -0.1) is 5.10 Å². The van der Waals surface area contributed by atoms with Gasteiger partial charge in [-0.05, 0) is 25.0 Å². The van der Waals surface area contributed by atoms with E-state index in [1.807, 2.05) is 6.20 Å². The number of aryl methyl sites for hydroxylation is 3. The third-order valence-electron chi connectivity index (χ3n) is 3.02. The van der Waals surface area contributed by atoms with Gasteiger partial charge in [0.25, 0.3) is 0 Å². The van der Waals surface area contributed by atoms with E-state index in [0.717, 1.165) is 0 Å². The topological polar surface area (TPSA) is 68.0 Å². The lowest BCUT2D eigenvalue weighted by Gasteiger charge is -2.06. The Labute approximate surface area is 111 Å². The first-order valence-electron chi connectivity index (χ1n) is 6.21. The van der Waals surface area contributed by atoms with Crippen molar-refractivity contribution in [3.8, 4) is 0 Å². The third-order valence-corrected chi connectivity index (χ3v) is 3.02. The fraction of sp³-hybridized carbons (Fsp3) is 0.357. The normalized spacial score (nSPS) is 10.6. The van der Waals surface area contributed by atoms with Gasteiger partial charge in [0.15, 0.2) is 0 Å². The van der Waals surface area contributed by atoms with Gasteiger partial charge < -0.3 is 5.11 Å². The Morgan fingerprint density at radius 3 is 2.89 bits per heavy atom. The molecule has 0 atom stereocenters. The van der Waals surface area contributed by atoms with Crippen LogP contribution >= 0.6 is 0 Å². The van der Waals surface area contributed by atoms with E-state index in [1.165, 1.54) is 16.7 Å². The summed E-state index contributed by atoms with van der Waals surface area (Å²) in [6.07, 6.45) is 2.31. The van der Waals surface area contributed by atoms with Crippen LogP contribution in [0.2, 0.25) is 0 Å². The first-order valence-corrected chi connectivity index (χ1v) is 6.21. The minimum absolute atomic E-state index is 0.0855. The van der Waals surface area contributed by atoms with Crippen molar-refractivity contribution in [3.63, 3.8) is 0 Å². The second kappa shape index (κ2) is 5.65. The number of nitrogens with zero attached hydrogens (tertiary/aromatic N) is 3. The average molecular weight is 259 g/mol. The lowest BCUT2D eigenvalue weighted by molar-refractivity contribution is -0.136. The summed E-state index contributed by atoms with van der Waals surface area (Å²) in [6, 6.07) is 6.30. The van der Waals surface area contributed by atoms with Gasteiger partial charge in [-0.25, -0.2) is 4.68 Å². The summed E-state index contributed by atoms with van der Waals surface area (Å²) in [7, 11) is 0. The number of aromatic nitrogens is 3. The number of carboxylic acids is 1. The summed E-state index contributed by atoms with van der Waals surface area (Å²) in [5, 5.41) is 16.6. The molecule has 0 fully saturated rings. The number of carboxylic acid groups (broad SMARTS) is 1. The fourth-order valence-corrected chi connectivity index (χ4v) is 1.91. The Morgan fingerprint density at radius 2 is 2.16 bits per heavy atom. The Hall–Kier alpha value is -2.17. The van der Waals surface area contributed by atoms with Crippen LogP contribution in [0, 0.1) is 13.8 Å². The second-order valence-electron chi connectivity index (χ2n) is 4.73. The number of hydrogen-bond acceptors (Lipinski definition) is 3. The molecule has 0 aliphatic rings. The predicted octanol–water partition coefficient (Wildman–Crippen LogP) is 1.96. The molecule has 0 unspecified atom stereocenters. The zero-order valence-electron chi connectivity index (χ0n) is 11.1. The van der Waals surface area contributed by atoms with Crippen LogP contribution in [-0.2, 0) is 17.8 Å². The van der Waals surface area contributed by atoms with Crippen LogP contribution in [-0.4, -0.2) is 26.1 Å². The van der Waals surface area contributed by atoms with E-state index in [1.54, 1.807) is 4.68 Å². The summed E-state index contributed by atoms with van der Waals surface area (Å²) < 4.78 is 1.75. The molecule has 0 saturated heterocycles. The highest BCUT2D eigenvalue weighted by Crippen LogP contribution is 2.12. The molecule has 0 aliphatic carbocycles. The zero-order chi connectivity index (χ0) is 13.8. The van der Waals surface area contributed by atoms with Gasteiger partial charge in [-0.2, -0.15) is 0 Å². The molecule has 1 heterocycles. The van der Waals surface area contributed by atoms with E-state index in [0.29, 0.717) is 18.7 Å². The van der Waals surface area contributed by atoms with Gasteiger partial charge in [-0.3, -0.25) is 4.79 Å². The van der Waals surface area contributed by atoms with Crippen LogP contribution < -0.4 is 0 Å². The van der Waals surface area contributed by atoms with Crippen LogP contribution in [0.3, 0.4) is 0 Å². The smallest absolute Gasteiger partial charge is 0.303 e. The average Bonchev–Trinajstić information content (AvgIpc) is 2.79. The highest BCUT2D eigenvalue weighted by Gasteiger charge is 2.06. The molecule has 5 heteroatoms. The molecule has 0 bridgehead atoms. The van der Waals surface area contributed by atoms with Gasteiger partial charge >= 0.3 is 5.97 Å². The largest absolute Gasteiger partial charge is 0.481 e. The molecule has 1 aromatic carbocycles. The molecule has 0 radical (unpaired) electrons. The van der Waals surface area contributed by atoms with E-state index in [9.17, 15) is 4.79 Å². The molecule has 0 spiro atoms. The fourth-order valence-electron chi connectivity index (χ4n) is 1.91. The second-order valence-corrected chi connectivity index (χ2v) is 4.73. The molecule has 2 aromatic rings. The third kappa shape index (κ3) is 3.64. The summed E-state index contributed by atoms with van der Waals surface area (Å²) in [6.45, 7) is 4.78. The lowest BCUT2D eigenvalue weighted by atomic mass is 10.1. The van der Waals surface area contributed by atoms with Crippen molar-refractivity contribution in [2.75, 3.05) is 0 Å². The highest BCUT2D eigenvalue weighted by molar-refractivity contribution is 5.66. The highest BCUT2D eigenvalue weighted by atomic mass is 16.4. The first-order chi connectivity index (χ1) is 9.04. The molecule has 5 nitrogen and oxygen atoms in total. The summed E-state index contributed by atoms with van der Waals surface area (Å²) >= 11 is 0. The van der Waals surface area contributed by atoms with Gasteiger partial charge in [-0.1, -0.05) is 29.0 Å².